The maximum Gasteiger partial charge on any atom is 0.289 e. The van der Waals surface area contributed by atoms with Crippen molar-refractivity contribution in [2.75, 3.05) is 0 Å². The van der Waals surface area contributed by atoms with Gasteiger partial charge >= 0.3 is 0 Å². The van der Waals surface area contributed by atoms with E-state index in [4.69, 9.17) is 0 Å². The van der Waals surface area contributed by atoms with Crippen LogP contribution in [0.2, 0.25) is 0 Å². The van der Waals surface area contributed by atoms with E-state index in [1.165, 1.54) is 5.39 Å². The number of hydrogen-bond donors (Lipinski definition) is 2. The van der Waals surface area contributed by atoms with Crippen molar-refractivity contribution < 1.29 is 4.79 Å². The van der Waals surface area contributed by atoms with Gasteiger partial charge in [0.1, 0.15) is 5.69 Å². The molecular weight excluding hydrogens is 408 g/mol. The molecule has 0 saturated carbocycles. The molecule has 33 heavy (non-hydrogen) atoms. The van der Waals surface area contributed by atoms with Gasteiger partial charge in [-0.2, -0.15) is 10.2 Å². The standard InChI is InChI=1S/C28H22N4O/c1-19(24-16-13-21-9-5-6-10-25(21)17-24)29-32-28(33)27-18-26(30-31-27)23-14-11-22(12-15-23)20-7-3-2-4-8-20/h2-18H,1H3,(H,30,31)(H,32,33)/b29-19-. The Morgan fingerprint density at radius 2 is 1.42 bits per heavy atom. The number of amides is 1. The maximum absolute atomic E-state index is 12.6. The Balaban J connectivity index is 1.28. The fourth-order valence-corrected chi connectivity index (χ4v) is 3.72. The zero-order valence-corrected chi connectivity index (χ0v) is 18.1. The predicted molar refractivity (Wildman–Crippen MR) is 133 cm³/mol. The maximum atomic E-state index is 12.6. The van der Waals surface area contributed by atoms with Crippen molar-refractivity contribution in [1.82, 2.24) is 15.6 Å². The molecule has 0 unspecified atom stereocenters. The fraction of sp³-hybridized carbons (Fsp3) is 0.0357. The van der Waals surface area contributed by atoms with E-state index in [0.717, 1.165) is 33.4 Å². The van der Waals surface area contributed by atoms with Gasteiger partial charge in [-0.05, 0) is 46.5 Å². The summed E-state index contributed by atoms with van der Waals surface area (Å²) in [4.78, 5) is 12.6. The molecule has 0 fully saturated rings. The summed E-state index contributed by atoms with van der Waals surface area (Å²) >= 11 is 0. The van der Waals surface area contributed by atoms with Crippen LogP contribution < -0.4 is 5.43 Å². The molecule has 1 amide bonds. The van der Waals surface area contributed by atoms with Crippen LogP contribution in [0.1, 0.15) is 23.0 Å². The highest BCUT2D eigenvalue weighted by Gasteiger charge is 2.11. The highest BCUT2D eigenvalue weighted by molar-refractivity contribution is 6.03. The number of hydrazone groups is 1. The zero-order chi connectivity index (χ0) is 22.6. The van der Waals surface area contributed by atoms with Gasteiger partial charge < -0.3 is 0 Å². The summed E-state index contributed by atoms with van der Waals surface area (Å²) in [6.07, 6.45) is 0. The van der Waals surface area contributed by atoms with Crippen LogP contribution in [0, 0.1) is 0 Å². The molecule has 4 aromatic carbocycles. The van der Waals surface area contributed by atoms with Crippen LogP contribution in [0.15, 0.2) is 108 Å². The number of hydrogen-bond acceptors (Lipinski definition) is 3. The van der Waals surface area contributed by atoms with E-state index in [9.17, 15) is 4.79 Å². The molecule has 0 aliphatic rings. The predicted octanol–water partition coefficient (Wildman–Crippen LogP) is 6.05. The Bertz CT molecular complexity index is 1450. The number of rotatable bonds is 5. The van der Waals surface area contributed by atoms with E-state index in [2.05, 4.69) is 69.3 Å². The smallest absolute Gasteiger partial charge is 0.272 e. The second kappa shape index (κ2) is 8.93. The van der Waals surface area contributed by atoms with Crippen LogP contribution in [-0.2, 0) is 0 Å². The molecule has 0 aliphatic heterocycles. The van der Waals surface area contributed by atoms with Gasteiger partial charge in [0, 0.05) is 5.56 Å². The lowest BCUT2D eigenvalue weighted by Crippen LogP contribution is -2.19. The average Bonchev–Trinajstić information content (AvgIpc) is 3.38. The molecule has 5 nitrogen and oxygen atoms in total. The molecule has 0 saturated heterocycles. The first-order valence-corrected chi connectivity index (χ1v) is 10.7. The lowest BCUT2D eigenvalue weighted by atomic mass is 10.0. The van der Waals surface area contributed by atoms with Crippen LogP contribution in [0.3, 0.4) is 0 Å². The molecule has 0 bridgehead atoms. The van der Waals surface area contributed by atoms with Crippen molar-refractivity contribution in [1.29, 1.82) is 0 Å². The van der Waals surface area contributed by atoms with Crippen LogP contribution in [0.5, 0.6) is 0 Å². The van der Waals surface area contributed by atoms with Gasteiger partial charge in [0.2, 0.25) is 0 Å². The third-order valence-electron chi connectivity index (χ3n) is 5.60. The number of fused-ring (bicyclic) bond motifs is 1. The summed E-state index contributed by atoms with van der Waals surface area (Å²) in [6.45, 7) is 1.87. The molecule has 0 aliphatic carbocycles. The largest absolute Gasteiger partial charge is 0.289 e. The molecular formula is C28H22N4O. The summed E-state index contributed by atoms with van der Waals surface area (Å²) in [5.41, 5.74) is 8.58. The van der Waals surface area contributed by atoms with E-state index in [1.54, 1.807) is 6.07 Å². The number of aromatic nitrogens is 2. The number of benzene rings is 4. The Hall–Kier alpha value is -4.51. The topological polar surface area (TPSA) is 70.1 Å². The van der Waals surface area contributed by atoms with Crippen molar-refractivity contribution in [2.24, 2.45) is 5.10 Å². The van der Waals surface area contributed by atoms with Gasteiger partial charge in [0.25, 0.3) is 5.91 Å². The highest BCUT2D eigenvalue weighted by atomic mass is 16.2. The van der Waals surface area contributed by atoms with Gasteiger partial charge in [-0.15, -0.1) is 0 Å². The van der Waals surface area contributed by atoms with Crippen LogP contribution in [-0.4, -0.2) is 21.8 Å². The molecule has 1 aromatic heterocycles. The van der Waals surface area contributed by atoms with Crippen molar-refractivity contribution in [3.8, 4) is 22.4 Å². The minimum absolute atomic E-state index is 0.338. The summed E-state index contributed by atoms with van der Waals surface area (Å²) in [5.74, 6) is -0.338. The van der Waals surface area contributed by atoms with Crippen molar-refractivity contribution in [2.45, 2.75) is 6.92 Å². The average molecular weight is 431 g/mol. The van der Waals surface area contributed by atoms with E-state index in [-0.39, 0.29) is 5.91 Å². The summed E-state index contributed by atoms with van der Waals surface area (Å²) in [6, 6.07) is 34.3. The van der Waals surface area contributed by atoms with E-state index in [0.29, 0.717) is 11.4 Å². The van der Waals surface area contributed by atoms with Gasteiger partial charge in [-0.1, -0.05) is 91.0 Å². The summed E-state index contributed by atoms with van der Waals surface area (Å²) in [7, 11) is 0. The fourth-order valence-electron chi connectivity index (χ4n) is 3.72. The Labute approximate surface area is 191 Å². The monoisotopic (exact) mass is 430 g/mol. The number of nitrogens with zero attached hydrogens (tertiary/aromatic N) is 2. The molecule has 0 spiro atoms. The molecule has 1 heterocycles. The van der Waals surface area contributed by atoms with Crippen molar-refractivity contribution >= 4 is 22.4 Å². The number of carbonyl (C=O) groups is 1. The quantitative estimate of drug-likeness (QED) is 0.263. The van der Waals surface area contributed by atoms with Crippen LogP contribution in [0.4, 0.5) is 0 Å². The molecule has 160 valence electrons. The minimum atomic E-state index is -0.338. The number of carbonyl (C=O) groups excluding carboxylic acids is 1. The first-order valence-electron chi connectivity index (χ1n) is 10.7. The molecule has 0 atom stereocenters. The molecule has 2 N–H and O–H groups in total. The van der Waals surface area contributed by atoms with Gasteiger partial charge in [-0.25, -0.2) is 5.43 Å². The minimum Gasteiger partial charge on any atom is -0.272 e. The van der Waals surface area contributed by atoms with Crippen molar-refractivity contribution in [3.63, 3.8) is 0 Å². The molecule has 5 aromatic rings. The normalized spacial score (nSPS) is 11.5. The Kier molecular flexibility index (Phi) is 5.52. The summed E-state index contributed by atoms with van der Waals surface area (Å²) in [5, 5.41) is 13.7. The number of H-pyrrole nitrogens is 1. The second-order valence-corrected chi connectivity index (χ2v) is 7.81. The van der Waals surface area contributed by atoms with E-state index >= 15 is 0 Å². The van der Waals surface area contributed by atoms with Crippen molar-refractivity contribution in [3.05, 3.63) is 114 Å². The lowest BCUT2D eigenvalue weighted by Gasteiger charge is -2.04. The number of aromatic amines is 1. The molecule has 0 radical (unpaired) electrons. The Morgan fingerprint density at radius 3 is 2.21 bits per heavy atom. The van der Waals surface area contributed by atoms with E-state index in [1.807, 2.05) is 55.5 Å². The van der Waals surface area contributed by atoms with Gasteiger partial charge in [0.05, 0.1) is 11.4 Å². The highest BCUT2D eigenvalue weighted by Crippen LogP contribution is 2.24. The third-order valence-corrected chi connectivity index (χ3v) is 5.60. The Morgan fingerprint density at radius 1 is 0.758 bits per heavy atom. The molecule has 5 rings (SSSR count). The van der Waals surface area contributed by atoms with E-state index < -0.39 is 0 Å². The second-order valence-electron chi connectivity index (χ2n) is 7.81. The SMILES string of the molecule is C/C(=N/NC(=O)c1cc(-c2ccc(-c3ccccc3)cc2)n[nH]1)c1ccc2ccccc2c1. The first-order chi connectivity index (χ1) is 16.2. The molecule has 5 heteroatoms. The lowest BCUT2D eigenvalue weighted by molar-refractivity contribution is 0.0950. The van der Waals surface area contributed by atoms with Crippen LogP contribution in [0.25, 0.3) is 33.2 Å². The van der Waals surface area contributed by atoms with Gasteiger partial charge in [0.15, 0.2) is 0 Å². The van der Waals surface area contributed by atoms with Crippen LogP contribution >= 0.6 is 0 Å². The summed E-state index contributed by atoms with van der Waals surface area (Å²) < 4.78 is 0. The zero-order valence-electron chi connectivity index (χ0n) is 18.1. The first kappa shape index (κ1) is 20.4. The number of nitrogens with one attached hydrogen (secondary N) is 2. The van der Waals surface area contributed by atoms with Gasteiger partial charge in [-0.3, -0.25) is 9.89 Å². The third kappa shape index (κ3) is 4.43.